The molecule has 0 aliphatic carbocycles. The monoisotopic (exact) mass is 327 g/mol. The minimum atomic E-state index is 0.285. The predicted octanol–water partition coefficient (Wildman–Crippen LogP) is 3.27. The maximum absolute atomic E-state index is 12.2. The molecule has 2 rings (SSSR count). The van der Waals surface area contributed by atoms with Gasteiger partial charge in [0.2, 0.25) is 5.91 Å². The standard InChI is InChI=1S/C14H22BrN3O/c1-3-18-12(14(15)11(2)16-18)10-17-9-7-5-4-6-8-13(17)19/h3-10H2,1-2H3. The van der Waals surface area contributed by atoms with Crippen molar-refractivity contribution in [1.82, 2.24) is 14.7 Å². The number of aryl methyl sites for hydroxylation is 2. The molecule has 19 heavy (non-hydrogen) atoms. The van der Waals surface area contributed by atoms with Gasteiger partial charge in [-0.25, -0.2) is 0 Å². The molecule has 1 aromatic heterocycles. The molecule has 5 heteroatoms. The van der Waals surface area contributed by atoms with Crippen LogP contribution in [0.3, 0.4) is 0 Å². The summed E-state index contributed by atoms with van der Waals surface area (Å²) in [5.41, 5.74) is 2.12. The second kappa shape index (κ2) is 6.55. The Morgan fingerprint density at radius 2 is 2.00 bits per heavy atom. The normalized spacial score (nSPS) is 17.4. The van der Waals surface area contributed by atoms with E-state index in [1.54, 1.807) is 0 Å². The maximum Gasteiger partial charge on any atom is 0.222 e. The Morgan fingerprint density at radius 3 is 2.74 bits per heavy atom. The first-order valence-electron chi connectivity index (χ1n) is 7.13. The summed E-state index contributed by atoms with van der Waals surface area (Å²) in [6.45, 7) is 6.46. The van der Waals surface area contributed by atoms with Crippen LogP contribution in [0.1, 0.15) is 50.4 Å². The van der Waals surface area contributed by atoms with Crippen LogP contribution in [0, 0.1) is 6.92 Å². The van der Waals surface area contributed by atoms with Gasteiger partial charge in [-0.1, -0.05) is 12.8 Å². The molecular formula is C14H22BrN3O. The molecule has 0 spiro atoms. The number of rotatable bonds is 3. The molecule has 1 aliphatic heterocycles. The number of carbonyl (C=O) groups excluding carboxylic acids is 1. The van der Waals surface area contributed by atoms with Crippen molar-refractivity contribution in [1.29, 1.82) is 0 Å². The van der Waals surface area contributed by atoms with Gasteiger partial charge in [-0.05, 0) is 42.6 Å². The summed E-state index contributed by atoms with van der Waals surface area (Å²) in [6, 6.07) is 0. The third-order valence-corrected chi connectivity index (χ3v) is 4.75. The number of hydrogen-bond donors (Lipinski definition) is 0. The Kier molecular flexibility index (Phi) is 5.02. The van der Waals surface area contributed by atoms with Crippen LogP contribution in [0.15, 0.2) is 4.47 Å². The van der Waals surface area contributed by atoms with E-state index in [-0.39, 0.29) is 5.91 Å². The van der Waals surface area contributed by atoms with Gasteiger partial charge in [0.15, 0.2) is 0 Å². The van der Waals surface area contributed by atoms with Gasteiger partial charge in [-0.3, -0.25) is 9.48 Å². The molecule has 1 saturated heterocycles. The third-order valence-electron chi connectivity index (χ3n) is 3.71. The highest BCUT2D eigenvalue weighted by molar-refractivity contribution is 9.10. The second-order valence-corrected chi connectivity index (χ2v) is 5.93. The van der Waals surface area contributed by atoms with Gasteiger partial charge >= 0.3 is 0 Å². The minimum Gasteiger partial charge on any atom is -0.337 e. The smallest absolute Gasteiger partial charge is 0.222 e. The first kappa shape index (κ1) is 14.6. The zero-order valence-corrected chi connectivity index (χ0v) is 13.4. The maximum atomic E-state index is 12.2. The predicted molar refractivity (Wildman–Crippen MR) is 78.8 cm³/mol. The van der Waals surface area contributed by atoms with Crippen molar-refractivity contribution in [3.63, 3.8) is 0 Å². The van der Waals surface area contributed by atoms with E-state index >= 15 is 0 Å². The van der Waals surface area contributed by atoms with E-state index in [0.29, 0.717) is 13.0 Å². The first-order chi connectivity index (χ1) is 9.13. The van der Waals surface area contributed by atoms with Gasteiger partial charge in [-0.2, -0.15) is 5.10 Å². The van der Waals surface area contributed by atoms with Crippen molar-refractivity contribution in [2.45, 2.75) is 59.0 Å². The average Bonchev–Trinajstić information content (AvgIpc) is 2.65. The summed E-state index contributed by atoms with van der Waals surface area (Å²) >= 11 is 3.60. The van der Waals surface area contributed by atoms with Crippen LogP contribution in [-0.4, -0.2) is 27.1 Å². The summed E-state index contributed by atoms with van der Waals surface area (Å²) in [6.07, 6.45) is 5.26. The van der Waals surface area contributed by atoms with Crippen molar-refractivity contribution >= 4 is 21.8 Å². The molecule has 0 radical (unpaired) electrons. The van der Waals surface area contributed by atoms with Crippen LogP contribution in [-0.2, 0) is 17.9 Å². The summed E-state index contributed by atoms with van der Waals surface area (Å²) in [7, 11) is 0. The van der Waals surface area contributed by atoms with Crippen LogP contribution in [0.2, 0.25) is 0 Å². The zero-order valence-electron chi connectivity index (χ0n) is 11.8. The van der Waals surface area contributed by atoms with E-state index in [2.05, 4.69) is 28.0 Å². The summed E-state index contributed by atoms with van der Waals surface area (Å²) < 4.78 is 3.04. The Labute approximate surface area is 123 Å². The van der Waals surface area contributed by atoms with Crippen LogP contribution in [0.4, 0.5) is 0 Å². The molecule has 4 nitrogen and oxygen atoms in total. The van der Waals surface area contributed by atoms with E-state index in [9.17, 15) is 4.79 Å². The van der Waals surface area contributed by atoms with E-state index in [0.717, 1.165) is 41.8 Å². The van der Waals surface area contributed by atoms with Crippen molar-refractivity contribution < 1.29 is 4.79 Å². The first-order valence-corrected chi connectivity index (χ1v) is 7.92. The molecule has 0 bridgehead atoms. The Morgan fingerprint density at radius 1 is 1.26 bits per heavy atom. The average molecular weight is 328 g/mol. The van der Waals surface area contributed by atoms with Crippen LogP contribution in [0.5, 0.6) is 0 Å². The van der Waals surface area contributed by atoms with E-state index in [1.165, 1.54) is 12.8 Å². The fraction of sp³-hybridized carbons (Fsp3) is 0.714. The summed E-state index contributed by atoms with van der Waals surface area (Å²) in [5, 5.41) is 4.49. The lowest BCUT2D eigenvalue weighted by atomic mass is 10.1. The lowest BCUT2D eigenvalue weighted by molar-refractivity contribution is -0.132. The number of aromatic nitrogens is 2. The molecular weight excluding hydrogens is 306 g/mol. The quantitative estimate of drug-likeness (QED) is 0.854. The molecule has 0 aromatic carbocycles. The molecule has 0 saturated carbocycles. The number of likely N-dealkylation sites (tertiary alicyclic amines) is 1. The Balaban J connectivity index is 2.16. The van der Waals surface area contributed by atoms with Gasteiger partial charge in [0, 0.05) is 19.5 Å². The number of halogens is 1. The zero-order chi connectivity index (χ0) is 13.8. The lowest BCUT2D eigenvalue weighted by Gasteiger charge is -2.25. The molecule has 106 valence electrons. The molecule has 1 fully saturated rings. The summed E-state index contributed by atoms with van der Waals surface area (Å²) in [4.78, 5) is 14.2. The second-order valence-electron chi connectivity index (χ2n) is 5.14. The van der Waals surface area contributed by atoms with Gasteiger partial charge in [0.25, 0.3) is 0 Å². The van der Waals surface area contributed by atoms with Gasteiger partial charge < -0.3 is 4.90 Å². The number of nitrogens with zero attached hydrogens (tertiary/aromatic N) is 3. The molecule has 1 aliphatic rings. The highest BCUT2D eigenvalue weighted by Gasteiger charge is 2.20. The molecule has 1 amide bonds. The van der Waals surface area contributed by atoms with E-state index in [1.807, 2.05) is 16.5 Å². The molecule has 0 N–H and O–H groups in total. The van der Waals surface area contributed by atoms with Crippen molar-refractivity contribution in [3.05, 3.63) is 15.9 Å². The van der Waals surface area contributed by atoms with Crippen molar-refractivity contribution in [2.24, 2.45) is 0 Å². The fourth-order valence-corrected chi connectivity index (χ4v) is 2.99. The summed E-state index contributed by atoms with van der Waals surface area (Å²) in [5.74, 6) is 0.285. The van der Waals surface area contributed by atoms with E-state index in [4.69, 9.17) is 0 Å². The number of carbonyl (C=O) groups is 1. The van der Waals surface area contributed by atoms with Crippen LogP contribution in [0.25, 0.3) is 0 Å². The van der Waals surface area contributed by atoms with Gasteiger partial charge in [0.05, 0.1) is 22.4 Å². The Hall–Kier alpha value is -0.840. The van der Waals surface area contributed by atoms with Crippen molar-refractivity contribution in [2.75, 3.05) is 6.54 Å². The van der Waals surface area contributed by atoms with Gasteiger partial charge in [-0.15, -0.1) is 0 Å². The topological polar surface area (TPSA) is 38.1 Å². The highest BCUT2D eigenvalue weighted by Crippen LogP contribution is 2.23. The number of amides is 1. The fourth-order valence-electron chi connectivity index (χ4n) is 2.58. The minimum absolute atomic E-state index is 0.285. The Bertz CT molecular complexity index is 456. The van der Waals surface area contributed by atoms with Gasteiger partial charge in [0.1, 0.15) is 0 Å². The number of hydrogen-bond acceptors (Lipinski definition) is 2. The van der Waals surface area contributed by atoms with E-state index < -0.39 is 0 Å². The highest BCUT2D eigenvalue weighted by atomic mass is 79.9. The molecule has 1 aromatic rings. The lowest BCUT2D eigenvalue weighted by Crippen LogP contribution is -2.33. The van der Waals surface area contributed by atoms with Crippen LogP contribution >= 0.6 is 15.9 Å². The largest absolute Gasteiger partial charge is 0.337 e. The van der Waals surface area contributed by atoms with Crippen LogP contribution < -0.4 is 0 Å². The molecule has 0 unspecified atom stereocenters. The molecule has 0 atom stereocenters. The third kappa shape index (κ3) is 3.38. The van der Waals surface area contributed by atoms with Crippen molar-refractivity contribution in [3.8, 4) is 0 Å². The SMILES string of the molecule is CCn1nc(C)c(Br)c1CN1CCCCCCC1=O. The molecule has 2 heterocycles.